The molecule has 2 aromatic carbocycles. The second kappa shape index (κ2) is 7.22. The Morgan fingerprint density at radius 1 is 1.00 bits per heavy atom. The van der Waals surface area contributed by atoms with Gasteiger partial charge in [-0.1, -0.05) is 18.7 Å². The number of hydrogen-bond acceptors (Lipinski definition) is 3. The molecule has 0 saturated carbocycles. The summed E-state index contributed by atoms with van der Waals surface area (Å²) in [5.74, 6) is -0.997. The molecule has 0 saturated heterocycles. The van der Waals surface area contributed by atoms with E-state index in [2.05, 4.69) is 22.7 Å². The Labute approximate surface area is 133 Å². The Morgan fingerprint density at radius 2 is 1.70 bits per heavy atom. The molecule has 118 valence electrons. The summed E-state index contributed by atoms with van der Waals surface area (Å²) in [5, 5.41) is 2.67. The zero-order chi connectivity index (χ0) is 16.8. The molecule has 0 aliphatic heterocycles. The normalized spacial score (nSPS) is 9.83. The summed E-state index contributed by atoms with van der Waals surface area (Å²) in [6, 6.07) is 12.2. The number of hydrazine groups is 1. The van der Waals surface area contributed by atoms with Gasteiger partial charge in [0, 0.05) is 23.7 Å². The largest absolute Gasteiger partial charge is 0.326 e. The van der Waals surface area contributed by atoms with Gasteiger partial charge in [-0.2, -0.15) is 0 Å². The van der Waals surface area contributed by atoms with Crippen LogP contribution in [0.5, 0.6) is 0 Å². The first-order valence-electron chi connectivity index (χ1n) is 6.84. The van der Waals surface area contributed by atoms with Crippen molar-refractivity contribution in [1.29, 1.82) is 0 Å². The summed E-state index contributed by atoms with van der Waals surface area (Å²) in [4.78, 5) is 23.0. The van der Waals surface area contributed by atoms with Crippen LogP contribution in [-0.2, 0) is 4.79 Å². The lowest BCUT2D eigenvalue weighted by Gasteiger charge is -2.12. The summed E-state index contributed by atoms with van der Waals surface area (Å²) < 4.78 is 12.8. The number of rotatable bonds is 5. The predicted octanol–water partition coefficient (Wildman–Crippen LogP) is 2.69. The van der Waals surface area contributed by atoms with E-state index in [1.54, 1.807) is 24.3 Å². The van der Waals surface area contributed by atoms with E-state index >= 15 is 0 Å². The molecule has 2 rings (SSSR count). The highest BCUT2D eigenvalue weighted by Crippen LogP contribution is 2.15. The third-order valence-electron chi connectivity index (χ3n) is 2.96. The number of carbonyl (C=O) groups excluding carboxylic acids is 2. The van der Waals surface area contributed by atoms with E-state index in [0.717, 1.165) is 0 Å². The molecule has 0 aromatic heterocycles. The zero-order valence-corrected chi connectivity index (χ0v) is 12.5. The lowest BCUT2D eigenvalue weighted by atomic mass is 10.1. The Morgan fingerprint density at radius 3 is 2.35 bits per heavy atom. The molecule has 3 N–H and O–H groups in total. The van der Waals surface area contributed by atoms with Crippen molar-refractivity contribution in [2.24, 2.45) is 0 Å². The average Bonchev–Trinajstić information content (AvgIpc) is 2.52. The second-order valence-electron chi connectivity index (χ2n) is 4.83. The molecule has 0 unspecified atom stereocenters. The fraction of sp³-hybridized carbons (Fsp3) is 0.0588. The van der Waals surface area contributed by atoms with Gasteiger partial charge in [-0.25, -0.2) is 4.39 Å². The monoisotopic (exact) mass is 313 g/mol. The molecule has 0 fully saturated rings. The van der Waals surface area contributed by atoms with Crippen LogP contribution in [-0.4, -0.2) is 11.8 Å². The van der Waals surface area contributed by atoms with Crippen LogP contribution in [0.4, 0.5) is 10.1 Å². The maximum atomic E-state index is 12.8. The van der Waals surface area contributed by atoms with Gasteiger partial charge in [0.05, 0.1) is 5.70 Å². The lowest BCUT2D eigenvalue weighted by Crippen LogP contribution is -2.35. The smallest absolute Gasteiger partial charge is 0.269 e. The Balaban J connectivity index is 1.98. The Bertz CT molecular complexity index is 742. The minimum Gasteiger partial charge on any atom is -0.326 e. The fourth-order valence-electron chi connectivity index (χ4n) is 1.87. The third kappa shape index (κ3) is 4.67. The summed E-state index contributed by atoms with van der Waals surface area (Å²) in [6.07, 6.45) is 0. The van der Waals surface area contributed by atoms with Crippen molar-refractivity contribution in [2.75, 3.05) is 5.32 Å². The molecule has 2 aromatic rings. The summed E-state index contributed by atoms with van der Waals surface area (Å²) in [6.45, 7) is 5.25. The van der Waals surface area contributed by atoms with E-state index in [1.807, 2.05) is 0 Å². The van der Waals surface area contributed by atoms with Gasteiger partial charge in [0.15, 0.2) is 0 Å². The Kier molecular flexibility index (Phi) is 5.09. The number of carbonyl (C=O) groups is 2. The van der Waals surface area contributed by atoms with Gasteiger partial charge in [-0.3, -0.25) is 20.4 Å². The maximum absolute atomic E-state index is 12.8. The van der Waals surface area contributed by atoms with Crippen LogP contribution in [0.3, 0.4) is 0 Å². The highest BCUT2D eigenvalue weighted by Gasteiger charge is 2.06. The quantitative estimate of drug-likeness (QED) is 0.743. The minimum absolute atomic E-state index is 0.176. The van der Waals surface area contributed by atoms with Crippen molar-refractivity contribution in [2.45, 2.75) is 6.92 Å². The zero-order valence-electron chi connectivity index (χ0n) is 12.5. The van der Waals surface area contributed by atoms with Crippen molar-refractivity contribution in [3.8, 4) is 0 Å². The first-order chi connectivity index (χ1) is 11.0. The van der Waals surface area contributed by atoms with Crippen LogP contribution in [0.25, 0.3) is 5.70 Å². The SMILES string of the molecule is C=C(NNC(=O)c1ccc(F)cc1)c1cccc(NC(C)=O)c1. The summed E-state index contributed by atoms with van der Waals surface area (Å²) >= 11 is 0. The van der Waals surface area contributed by atoms with Gasteiger partial charge in [0.25, 0.3) is 5.91 Å². The van der Waals surface area contributed by atoms with Gasteiger partial charge >= 0.3 is 0 Å². The van der Waals surface area contributed by atoms with E-state index in [9.17, 15) is 14.0 Å². The minimum atomic E-state index is -0.413. The predicted molar refractivity (Wildman–Crippen MR) is 86.8 cm³/mol. The first kappa shape index (κ1) is 16.2. The number of anilines is 1. The van der Waals surface area contributed by atoms with E-state index in [1.165, 1.54) is 31.2 Å². The molecule has 6 heteroatoms. The van der Waals surface area contributed by atoms with Gasteiger partial charge in [0.1, 0.15) is 5.82 Å². The number of nitrogens with one attached hydrogen (secondary N) is 3. The van der Waals surface area contributed by atoms with Crippen LogP contribution < -0.4 is 16.2 Å². The van der Waals surface area contributed by atoms with Gasteiger partial charge in [-0.05, 0) is 36.4 Å². The van der Waals surface area contributed by atoms with Crippen molar-refractivity contribution >= 4 is 23.2 Å². The van der Waals surface area contributed by atoms with Gasteiger partial charge in [0.2, 0.25) is 5.91 Å². The van der Waals surface area contributed by atoms with Crippen molar-refractivity contribution < 1.29 is 14.0 Å². The van der Waals surface area contributed by atoms with Crippen LogP contribution in [0.15, 0.2) is 55.1 Å². The molecule has 0 bridgehead atoms. The average molecular weight is 313 g/mol. The third-order valence-corrected chi connectivity index (χ3v) is 2.96. The molecule has 0 radical (unpaired) electrons. The summed E-state index contributed by atoms with van der Waals surface area (Å²) in [5.41, 5.74) is 7.27. The highest BCUT2D eigenvalue weighted by molar-refractivity contribution is 5.94. The van der Waals surface area contributed by atoms with E-state index in [0.29, 0.717) is 22.5 Å². The van der Waals surface area contributed by atoms with Crippen LogP contribution in [0, 0.1) is 5.82 Å². The number of benzene rings is 2. The van der Waals surface area contributed by atoms with E-state index in [-0.39, 0.29) is 5.91 Å². The molecule has 0 atom stereocenters. The lowest BCUT2D eigenvalue weighted by molar-refractivity contribution is -0.114. The van der Waals surface area contributed by atoms with Gasteiger partial charge in [-0.15, -0.1) is 0 Å². The molecule has 0 spiro atoms. The molecule has 0 aliphatic rings. The topological polar surface area (TPSA) is 70.2 Å². The van der Waals surface area contributed by atoms with Crippen molar-refractivity contribution in [1.82, 2.24) is 10.9 Å². The van der Waals surface area contributed by atoms with E-state index < -0.39 is 11.7 Å². The number of hydrogen-bond donors (Lipinski definition) is 3. The van der Waals surface area contributed by atoms with Gasteiger partial charge < -0.3 is 5.32 Å². The number of halogens is 1. The fourth-order valence-corrected chi connectivity index (χ4v) is 1.87. The molecule has 23 heavy (non-hydrogen) atoms. The maximum Gasteiger partial charge on any atom is 0.269 e. The molecule has 0 heterocycles. The van der Waals surface area contributed by atoms with Crippen LogP contribution in [0.1, 0.15) is 22.8 Å². The molecular formula is C17H16FN3O2. The standard InChI is InChI=1S/C17H16FN3O2/c1-11(14-4-3-5-16(10-14)19-12(2)22)20-21-17(23)13-6-8-15(18)9-7-13/h3-10,20H,1H2,2H3,(H,19,22)(H,21,23). The number of amides is 2. The highest BCUT2D eigenvalue weighted by atomic mass is 19.1. The van der Waals surface area contributed by atoms with Crippen molar-refractivity contribution in [3.05, 3.63) is 72.1 Å². The first-order valence-corrected chi connectivity index (χ1v) is 6.84. The Hall–Kier alpha value is -3.15. The molecule has 2 amide bonds. The summed E-state index contributed by atoms with van der Waals surface area (Å²) in [7, 11) is 0. The van der Waals surface area contributed by atoms with Crippen molar-refractivity contribution in [3.63, 3.8) is 0 Å². The molecule has 0 aliphatic carbocycles. The van der Waals surface area contributed by atoms with E-state index in [4.69, 9.17) is 0 Å². The molecule has 5 nitrogen and oxygen atoms in total. The molecular weight excluding hydrogens is 297 g/mol. The van der Waals surface area contributed by atoms with Crippen LogP contribution >= 0.6 is 0 Å². The second-order valence-corrected chi connectivity index (χ2v) is 4.83. The van der Waals surface area contributed by atoms with Crippen LogP contribution in [0.2, 0.25) is 0 Å².